The lowest BCUT2D eigenvalue weighted by Gasteiger charge is -2.23. The van der Waals surface area contributed by atoms with Crippen LogP contribution in [0.5, 0.6) is 0 Å². The average Bonchev–Trinajstić information content (AvgIpc) is 3.10. The van der Waals surface area contributed by atoms with Crippen molar-refractivity contribution in [1.82, 2.24) is 9.21 Å². The number of hydrogen-bond donors (Lipinski definition) is 0. The van der Waals surface area contributed by atoms with Crippen LogP contribution in [0.4, 0.5) is 0 Å². The molecule has 0 radical (unpaired) electrons. The molecule has 3 heterocycles. The highest BCUT2D eigenvalue weighted by Gasteiger charge is 2.50. The van der Waals surface area contributed by atoms with Crippen LogP contribution in [0.25, 0.3) is 0 Å². The Bertz CT molecular complexity index is 605. The van der Waals surface area contributed by atoms with Gasteiger partial charge in [-0.3, -0.25) is 4.90 Å². The standard InChI is InChI=1S/C14H18N2O2S2/c17-20(18,13-4-2-1-3-5-13)15-7-11-6-12-9-19-10-16(12)14(11)8-15/h1-5,11-12,14H,6-10H2/t11-,12-,14+/m0/s1. The van der Waals surface area contributed by atoms with Crippen LogP contribution >= 0.6 is 11.8 Å². The van der Waals surface area contributed by atoms with E-state index in [0.29, 0.717) is 36.0 Å². The van der Waals surface area contributed by atoms with Gasteiger partial charge in [-0.15, -0.1) is 11.8 Å². The third-order valence-corrected chi connectivity index (χ3v) is 7.72. The topological polar surface area (TPSA) is 40.6 Å². The Kier molecular flexibility index (Phi) is 3.10. The highest BCUT2D eigenvalue weighted by Crippen LogP contribution is 2.42. The fourth-order valence-corrected chi connectivity index (χ4v) is 6.63. The fourth-order valence-electron chi connectivity index (χ4n) is 3.78. The van der Waals surface area contributed by atoms with E-state index in [-0.39, 0.29) is 0 Å². The minimum Gasteiger partial charge on any atom is -0.286 e. The minimum absolute atomic E-state index is 0.423. The summed E-state index contributed by atoms with van der Waals surface area (Å²) < 4.78 is 27.0. The molecule has 0 N–H and O–H groups in total. The summed E-state index contributed by atoms with van der Waals surface area (Å²) in [6.07, 6.45) is 1.17. The van der Waals surface area contributed by atoms with Crippen molar-refractivity contribution in [3.05, 3.63) is 30.3 Å². The van der Waals surface area contributed by atoms with Crippen LogP contribution in [0.2, 0.25) is 0 Å². The van der Waals surface area contributed by atoms with Gasteiger partial charge >= 0.3 is 0 Å². The largest absolute Gasteiger partial charge is 0.286 e. The van der Waals surface area contributed by atoms with Crippen LogP contribution < -0.4 is 0 Å². The van der Waals surface area contributed by atoms with E-state index >= 15 is 0 Å². The highest BCUT2D eigenvalue weighted by molar-refractivity contribution is 7.99. The van der Waals surface area contributed by atoms with Crippen LogP contribution in [0.15, 0.2) is 35.2 Å². The van der Waals surface area contributed by atoms with Crippen molar-refractivity contribution in [2.24, 2.45) is 5.92 Å². The van der Waals surface area contributed by atoms with Gasteiger partial charge in [-0.2, -0.15) is 4.31 Å². The molecule has 6 heteroatoms. The first-order chi connectivity index (χ1) is 9.66. The second-order valence-electron chi connectivity index (χ2n) is 5.87. The highest BCUT2D eigenvalue weighted by atomic mass is 32.2. The van der Waals surface area contributed by atoms with Crippen LogP contribution in [0.3, 0.4) is 0 Å². The molecule has 108 valence electrons. The molecule has 1 aromatic carbocycles. The molecule has 3 saturated heterocycles. The Hall–Kier alpha value is -0.560. The third kappa shape index (κ3) is 1.93. The predicted molar refractivity (Wildman–Crippen MR) is 80.0 cm³/mol. The summed E-state index contributed by atoms with van der Waals surface area (Å²) in [5.41, 5.74) is 0. The van der Waals surface area contributed by atoms with E-state index in [4.69, 9.17) is 0 Å². The van der Waals surface area contributed by atoms with Crippen LogP contribution in [0, 0.1) is 5.92 Å². The van der Waals surface area contributed by atoms with Gasteiger partial charge in [-0.05, 0) is 24.5 Å². The van der Waals surface area contributed by atoms with Crippen molar-refractivity contribution >= 4 is 21.8 Å². The molecule has 3 aliphatic rings. The van der Waals surface area contributed by atoms with E-state index in [1.165, 1.54) is 12.2 Å². The zero-order valence-corrected chi connectivity index (χ0v) is 12.8. The van der Waals surface area contributed by atoms with Gasteiger partial charge in [0, 0.05) is 36.8 Å². The fraction of sp³-hybridized carbons (Fsp3) is 0.571. The summed E-state index contributed by atoms with van der Waals surface area (Å²) in [4.78, 5) is 2.95. The van der Waals surface area contributed by atoms with E-state index in [1.807, 2.05) is 17.8 Å². The quantitative estimate of drug-likeness (QED) is 0.829. The first kappa shape index (κ1) is 13.1. The SMILES string of the molecule is O=S(=O)(c1ccccc1)N1C[C@@H]2C[C@H]3CSCN3[C@@H]2C1. The van der Waals surface area contributed by atoms with Gasteiger partial charge in [0.15, 0.2) is 0 Å². The first-order valence-electron chi connectivity index (χ1n) is 7.05. The molecule has 0 saturated carbocycles. The summed E-state index contributed by atoms with van der Waals surface area (Å²) in [5.74, 6) is 2.82. The van der Waals surface area contributed by atoms with Crippen molar-refractivity contribution in [1.29, 1.82) is 0 Å². The number of hydrogen-bond acceptors (Lipinski definition) is 4. The van der Waals surface area contributed by atoms with E-state index < -0.39 is 10.0 Å². The Labute approximate surface area is 124 Å². The van der Waals surface area contributed by atoms with Crippen LogP contribution in [0.1, 0.15) is 6.42 Å². The summed E-state index contributed by atoms with van der Waals surface area (Å²) in [6.45, 7) is 1.36. The Morgan fingerprint density at radius 1 is 1.15 bits per heavy atom. The Morgan fingerprint density at radius 2 is 1.95 bits per heavy atom. The monoisotopic (exact) mass is 310 g/mol. The molecule has 0 spiro atoms. The first-order valence-corrected chi connectivity index (χ1v) is 9.64. The number of benzene rings is 1. The maximum absolute atomic E-state index is 12.7. The zero-order valence-electron chi connectivity index (χ0n) is 11.2. The number of nitrogens with zero attached hydrogens (tertiary/aromatic N) is 2. The van der Waals surface area contributed by atoms with Crippen molar-refractivity contribution in [2.45, 2.75) is 23.4 Å². The zero-order chi connectivity index (χ0) is 13.7. The maximum atomic E-state index is 12.7. The van der Waals surface area contributed by atoms with E-state index in [2.05, 4.69) is 4.90 Å². The second-order valence-corrected chi connectivity index (χ2v) is 8.80. The number of thioether (sulfide) groups is 1. The molecular weight excluding hydrogens is 292 g/mol. The summed E-state index contributed by atoms with van der Waals surface area (Å²) in [5, 5.41) is 0. The third-order valence-electron chi connectivity index (χ3n) is 4.77. The molecule has 0 aromatic heterocycles. The van der Waals surface area contributed by atoms with Crippen molar-refractivity contribution < 1.29 is 8.42 Å². The lowest BCUT2D eigenvalue weighted by molar-refractivity contribution is 0.248. The average molecular weight is 310 g/mol. The summed E-state index contributed by atoms with van der Waals surface area (Å²) in [7, 11) is -3.31. The lowest BCUT2D eigenvalue weighted by atomic mass is 10.0. The molecule has 20 heavy (non-hydrogen) atoms. The predicted octanol–water partition coefficient (Wildman–Crippen LogP) is 1.45. The Balaban J connectivity index is 1.58. The van der Waals surface area contributed by atoms with Gasteiger partial charge in [0.05, 0.1) is 4.90 Å². The van der Waals surface area contributed by atoms with Gasteiger partial charge in [0.1, 0.15) is 0 Å². The van der Waals surface area contributed by atoms with Crippen molar-refractivity contribution in [3.8, 4) is 0 Å². The normalized spacial score (nSPS) is 34.3. The van der Waals surface area contributed by atoms with Gasteiger partial charge in [-0.1, -0.05) is 18.2 Å². The maximum Gasteiger partial charge on any atom is 0.243 e. The molecule has 0 bridgehead atoms. The van der Waals surface area contributed by atoms with Gasteiger partial charge in [0.2, 0.25) is 10.0 Å². The molecule has 3 aliphatic heterocycles. The molecule has 3 atom stereocenters. The van der Waals surface area contributed by atoms with Crippen molar-refractivity contribution in [3.63, 3.8) is 0 Å². The molecule has 0 amide bonds. The summed E-state index contributed by atoms with van der Waals surface area (Å²) >= 11 is 1.98. The van der Waals surface area contributed by atoms with Gasteiger partial charge in [0.25, 0.3) is 0 Å². The lowest BCUT2D eigenvalue weighted by Crippen LogP contribution is -2.38. The number of rotatable bonds is 2. The molecule has 1 aromatic rings. The molecular formula is C14H18N2O2S2. The smallest absolute Gasteiger partial charge is 0.243 e. The van der Waals surface area contributed by atoms with Crippen LogP contribution in [-0.4, -0.2) is 54.4 Å². The van der Waals surface area contributed by atoms with E-state index in [0.717, 1.165) is 5.88 Å². The number of fused-ring (bicyclic) bond motifs is 3. The van der Waals surface area contributed by atoms with E-state index in [1.54, 1.807) is 28.6 Å². The van der Waals surface area contributed by atoms with Gasteiger partial charge in [-0.25, -0.2) is 8.42 Å². The molecule has 4 rings (SSSR count). The molecule has 0 unspecified atom stereocenters. The second kappa shape index (κ2) is 4.73. The minimum atomic E-state index is -3.31. The molecule has 0 aliphatic carbocycles. The van der Waals surface area contributed by atoms with Gasteiger partial charge < -0.3 is 0 Å². The number of sulfonamides is 1. The van der Waals surface area contributed by atoms with Crippen LogP contribution in [-0.2, 0) is 10.0 Å². The summed E-state index contributed by atoms with van der Waals surface area (Å²) in [6, 6.07) is 9.94. The Morgan fingerprint density at radius 3 is 2.75 bits per heavy atom. The molecule has 4 nitrogen and oxygen atoms in total. The van der Waals surface area contributed by atoms with E-state index in [9.17, 15) is 8.42 Å². The molecule has 3 fully saturated rings. The van der Waals surface area contributed by atoms with Crippen molar-refractivity contribution in [2.75, 3.05) is 24.7 Å².